The van der Waals surface area contributed by atoms with E-state index in [4.69, 9.17) is 5.73 Å². The molecule has 0 unspecified atom stereocenters. The number of hydrogen-bond acceptors (Lipinski definition) is 4. The lowest BCUT2D eigenvalue weighted by Crippen LogP contribution is -2.68. The predicted molar refractivity (Wildman–Crippen MR) is 58.8 cm³/mol. The van der Waals surface area contributed by atoms with Crippen molar-refractivity contribution in [2.24, 2.45) is 5.73 Å². The first-order chi connectivity index (χ1) is 7.39. The van der Waals surface area contributed by atoms with Crippen molar-refractivity contribution < 1.29 is 14.3 Å². The van der Waals surface area contributed by atoms with Gasteiger partial charge in [-0.05, 0) is 26.7 Å². The minimum atomic E-state index is -0.937. The van der Waals surface area contributed by atoms with E-state index in [0.717, 1.165) is 0 Å². The number of carbonyl (C=O) groups is 2. The van der Waals surface area contributed by atoms with Gasteiger partial charge in [-0.3, -0.25) is 0 Å². The molecule has 0 aromatic heterocycles. The number of urea groups is 1. The van der Waals surface area contributed by atoms with Crippen LogP contribution in [0.3, 0.4) is 0 Å². The Morgan fingerprint density at radius 2 is 2.00 bits per heavy atom. The second-order valence-electron chi connectivity index (χ2n) is 4.50. The quantitative estimate of drug-likeness (QED) is 0.580. The molecule has 0 aromatic rings. The molecule has 1 rings (SSSR count). The van der Waals surface area contributed by atoms with Gasteiger partial charge in [0, 0.05) is 12.1 Å². The maximum absolute atomic E-state index is 11.6. The number of ether oxygens (including phenoxy) is 1. The van der Waals surface area contributed by atoms with Crippen molar-refractivity contribution in [3.05, 3.63) is 0 Å². The Kier molecular flexibility index (Phi) is 3.74. The lowest BCUT2D eigenvalue weighted by atomic mass is 9.73. The molecule has 4 N–H and O–H groups in total. The fourth-order valence-electron chi connectivity index (χ4n) is 1.87. The van der Waals surface area contributed by atoms with Crippen LogP contribution in [0.2, 0.25) is 0 Å². The minimum absolute atomic E-state index is 0.0171. The van der Waals surface area contributed by atoms with E-state index in [1.54, 1.807) is 0 Å². The highest BCUT2D eigenvalue weighted by atomic mass is 16.5. The van der Waals surface area contributed by atoms with E-state index >= 15 is 0 Å². The summed E-state index contributed by atoms with van der Waals surface area (Å²) in [5.41, 5.74) is 4.71. The van der Waals surface area contributed by atoms with Crippen molar-refractivity contribution in [2.75, 3.05) is 7.11 Å². The Morgan fingerprint density at radius 3 is 2.38 bits per heavy atom. The molecule has 0 atom stereocenters. The van der Waals surface area contributed by atoms with E-state index < -0.39 is 11.5 Å². The lowest BCUT2D eigenvalue weighted by Gasteiger charge is -2.43. The van der Waals surface area contributed by atoms with Gasteiger partial charge in [0.1, 0.15) is 5.54 Å². The van der Waals surface area contributed by atoms with Crippen LogP contribution in [0.15, 0.2) is 0 Å². The Balaban J connectivity index is 2.59. The lowest BCUT2D eigenvalue weighted by molar-refractivity contribution is -0.152. The molecule has 0 saturated heterocycles. The number of carbonyl (C=O) groups excluding carboxylic acids is 2. The average molecular weight is 229 g/mol. The van der Waals surface area contributed by atoms with Crippen LogP contribution in [0.5, 0.6) is 0 Å². The zero-order chi connectivity index (χ0) is 12.3. The van der Waals surface area contributed by atoms with Crippen LogP contribution in [0.4, 0.5) is 4.79 Å². The molecule has 16 heavy (non-hydrogen) atoms. The largest absolute Gasteiger partial charge is 0.467 e. The first-order valence-electron chi connectivity index (χ1n) is 5.32. The molecule has 1 saturated carbocycles. The second-order valence-corrected chi connectivity index (χ2v) is 4.50. The molecule has 0 aliphatic heterocycles. The molecule has 6 nitrogen and oxygen atoms in total. The summed E-state index contributed by atoms with van der Waals surface area (Å²) in [6.45, 7) is 3.69. The van der Waals surface area contributed by atoms with Gasteiger partial charge in [0.15, 0.2) is 0 Å². The Morgan fingerprint density at radius 1 is 1.44 bits per heavy atom. The van der Waals surface area contributed by atoms with Gasteiger partial charge in [-0.25, -0.2) is 9.59 Å². The highest BCUT2D eigenvalue weighted by Crippen LogP contribution is 2.32. The number of rotatable bonds is 3. The molecule has 0 spiro atoms. The first kappa shape index (κ1) is 12.8. The molecular weight excluding hydrogens is 210 g/mol. The van der Waals surface area contributed by atoms with E-state index in [1.165, 1.54) is 7.11 Å². The fourth-order valence-corrected chi connectivity index (χ4v) is 1.87. The van der Waals surface area contributed by atoms with Gasteiger partial charge < -0.3 is 21.1 Å². The molecule has 1 aliphatic carbocycles. The number of esters is 1. The molecule has 1 fully saturated rings. The summed E-state index contributed by atoms with van der Waals surface area (Å²) in [4.78, 5) is 23.1. The van der Waals surface area contributed by atoms with Gasteiger partial charge in [0.25, 0.3) is 0 Å². The van der Waals surface area contributed by atoms with Crippen molar-refractivity contribution in [3.63, 3.8) is 0 Å². The summed E-state index contributed by atoms with van der Waals surface area (Å²) in [6.07, 6.45) is 0.844. The van der Waals surface area contributed by atoms with E-state index in [9.17, 15) is 9.59 Å². The summed E-state index contributed by atoms with van der Waals surface area (Å²) < 4.78 is 4.67. The average Bonchev–Trinajstić information content (AvgIpc) is 2.12. The van der Waals surface area contributed by atoms with E-state index in [1.807, 2.05) is 13.8 Å². The summed E-state index contributed by atoms with van der Waals surface area (Å²) in [6, 6.07) is -0.408. The van der Waals surface area contributed by atoms with Gasteiger partial charge in [-0.1, -0.05) is 0 Å². The van der Waals surface area contributed by atoms with Crippen LogP contribution in [0, 0.1) is 0 Å². The highest BCUT2D eigenvalue weighted by Gasteiger charge is 2.51. The molecule has 0 aromatic carbocycles. The fraction of sp³-hybridized carbons (Fsp3) is 0.800. The molecule has 0 bridgehead atoms. The Bertz CT molecular complexity index is 285. The molecule has 0 radical (unpaired) electrons. The molecule has 92 valence electrons. The maximum Gasteiger partial charge on any atom is 0.331 e. The van der Waals surface area contributed by atoms with Crippen LogP contribution in [0.1, 0.15) is 26.7 Å². The van der Waals surface area contributed by atoms with Crippen LogP contribution in [-0.4, -0.2) is 36.7 Å². The van der Waals surface area contributed by atoms with Gasteiger partial charge in [-0.2, -0.15) is 0 Å². The molecular formula is C10H19N3O3. The van der Waals surface area contributed by atoms with Gasteiger partial charge in [0.2, 0.25) is 0 Å². The van der Waals surface area contributed by atoms with Crippen molar-refractivity contribution in [2.45, 2.75) is 44.3 Å². The van der Waals surface area contributed by atoms with E-state index in [-0.39, 0.29) is 18.1 Å². The summed E-state index contributed by atoms with van der Waals surface area (Å²) >= 11 is 0. The molecule has 0 heterocycles. The normalized spacial score (nSPS) is 28.2. The SMILES string of the molecule is COC(=O)C1(NC(=O)NC(C)C)CC(N)C1. The van der Waals surface area contributed by atoms with Crippen molar-refractivity contribution in [1.82, 2.24) is 10.6 Å². The predicted octanol–water partition coefficient (Wildman–Crippen LogP) is -0.273. The van der Waals surface area contributed by atoms with Gasteiger partial charge >= 0.3 is 12.0 Å². The first-order valence-corrected chi connectivity index (χ1v) is 5.32. The molecule has 6 heteroatoms. The van der Waals surface area contributed by atoms with Gasteiger partial charge in [0.05, 0.1) is 7.11 Å². The van der Waals surface area contributed by atoms with Crippen molar-refractivity contribution in [3.8, 4) is 0 Å². The topological polar surface area (TPSA) is 93.4 Å². The number of nitrogens with one attached hydrogen (secondary N) is 2. The third-order valence-electron chi connectivity index (χ3n) is 2.57. The molecule has 2 amide bonds. The van der Waals surface area contributed by atoms with Gasteiger partial charge in [-0.15, -0.1) is 0 Å². The summed E-state index contributed by atoms with van der Waals surface area (Å²) in [7, 11) is 1.30. The number of methoxy groups -OCH3 is 1. The van der Waals surface area contributed by atoms with Crippen LogP contribution >= 0.6 is 0 Å². The van der Waals surface area contributed by atoms with Crippen molar-refractivity contribution in [1.29, 1.82) is 0 Å². The summed E-state index contributed by atoms with van der Waals surface area (Å²) in [5.74, 6) is -0.437. The maximum atomic E-state index is 11.6. The van der Waals surface area contributed by atoms with Crippen LogP contribution in [-0.2, 0) is 9.53 Å². The smallest absolute Gasteiger partial charge is 0.331 e. The summed E-state index contributed by atoms with van der Waals surface area (Å²) in [5, 5.41) is 5.30. The zero-order valence-corrected chi connectivity index (χ0v) is 9.87. The third-order valence-corrected chi connectivity index (χ3v) is 2.57. The molecule has 1 aliphatic rings. The van der Waals surface area contributed by atoms with E-state index in [2.05, 4.69) is 15.4 Å². The Hall–Kier alpha value is -1.30. The van der Waals surface area contributed by atoms with Crippen LogP contribution < -0.4 is 16.4 Å². The van der Waals surface area contributed by atoms with E-state index in [0.29, 0.717) is 12.8 Å². The van der Waals surface area contributed by atoms with Crippen molar-refractivity contribution >= 4 is 12.0 Å². The highest BCUT2D eigenvalue weighted by molar-refractivity contribution is 5.88. The minimum Gasteiger partial charge on any atom is -0.467 e. The zero-order valence-electron chi connectivity index (χ0n) is 9.87. The third kappa shape index (κ3) is 2.63. The second kappa shape index (κ2) is 4.69. The van der Waals surface area contributed by atoms with Crippen LogP contribution in [0.25, 0.3) is 0 Å². The number of amides is 2. The standard InChI is InChI=1S/C10H19N3O3/c1-6(2)12-9(15)13-10(8(14)16-3)4-7(11)5-10/h6-7H,4-5,11H2,1-3H3,(H2,12,13,15). The Labute approximate surface area is 94.9 Å². The number of hydrogen-bond donors (Lipinski definition) is 3. The monoisotopic (exact) mass is 229 g/mol. The number of nitrogens with two attached hydrogens (primary N) is 1.